The van der Waals surface area contributed by atoms with Crippen LogP contribution in [0, 0.1) is 6.92 Å². The van der Waals surface area contributed by atoms with Crippen molar-refractivity contribution in [2.75, 3.05) is 11.9 Å². The van der Waals surface area contributed by atoms with Gasteiger partial charge in [0, 0.05) is 19.0 Å². The molecule has 3 N–H and O–H groups in total. The average Bonchev–Trinajstić information content (AvgIpc) is 3.25. The first-order chi connectivity index (χ1) is 11.6. The number of aliphatic hydroxyl groups excluding tert-OH is 1. The smallest absolute Gasteiger partial charge is 0.319 e. The van der Waals surface area contributed by atoms with E-state index in [1.54, 1.807) is 25.1 Å². The highest BCUT2D eigenvalue weighted by molar-refractivity contribution is 7.07. The van der Waals surface area contributed by atoms with Crippen molar-refractivity contribution in [3.8, 4) is 11.4 Å². The van der Waals surface area contributed by atoms with Gasteiger partial charge in [-0.15, -0.1) is 0 Å². The highest BCUT2D eigenvalue weighted by atomic mass is 32.1. The number of carbonyl (C=O) groups is 1. The maximum absolute atomic E-state index is 12.1. The number of amides is 2. The van der Waals surface area contributed by atoms with Crippen LogP contribution in [0.25, 0.3) is 11.4 Å². The second-order valence-corrected chi connectivity index (χ2v) is 5.87. The maximum atomic E-state index is 12.1. The largest absolute Gasteiger partial charge is 0.387 e. The number of rotatable bonds is 5. The monoisotopic (exact) mass is 344 g/mol. The first kappa shape index (κ1) is 16.2. The molecule has 0 aliphatic rings. The van der Waals surface area contributed by atoms with Crippen molar-refractivity contribution < 1.29 is 14.4 Å². The summed E-state index contributed by atoms with van der Waals surface area (Å²) in [6.07, 6.45) is -0.739. The van der Waals surface area contributed by atoms with E-state index in [9.17, 15) is 9.90 Å². The summed E-state index contributed by atoms with van der Waals surface area (Å²) in [7, 11) is 0. The Morgan fingerprint density at radius 3 is 2.92 bits per heavy atom. The first-order valence-electron chi connectivity index (χ1n) is 7.28. The number of anilines is 1. The predicted molar refractivity (Wildman–Crippen MR) is 90.8 cm³/mol. The molecule has 7 nitrogen and oxygen atoms in total. The highest BCUT2D eigenvalue weighted by Crippen LogP contribution is 2.25. The molecule has 0 aliphatic carbocycles. The number of hydrogen-bond acceptors (Lipinski definition) is 6. The molecular weight excluding hydrogens is 328 g/mol. The van der Waals surface area contributed by atoms with Gasteiger partial charge in [-0.3, -0.25) is 0 Å². The molecule has 2 aromatic heterocycles. The number of thiophene rings is 1. The Bertz CT molecular complexity index is 816. The zero-order valence-corrected chi connectivity index (χ0v) is 13.7. The molecule has 0 saturated carbocycles. The zero-order valence-electron chi connectivity index (χ0n) is 12.9. The summed E-state index contributed by atoms with van der Waals surface area (Å²) in [5.41, 5.74) is 1.99. The summed E-state index contributed by atoms with van der Waals surface area (Å²) in [5.74, 6) is 0.852. The highest BCUT2D eigenvalue weighted by Gasteiger charge is 2.14. The van der Waals surface area contributed by atoms with E-state index in [2.05, 4.69) is 20.8 Å². The second kappa shape index (κ2) is 7.24. The van der Waals surface area contributed by atoms with Crippen molar-refractivity contribution in [2.24, 2.45) is 0 Å². The van der Waals surface area contributed by atoms with Gasteiger partial charge in [0.1, 0.15) is 0 Å². The zero-order chi connectivity index (χ0) is 16.9. The Morgan fingerprint density at radius 1 is 1.38 bits per heavy atom. The molecule has 124 valence electrons. The molecule has 0 saturated heterocycles. The topological polar surface area (TPSA) is 100 Å². The molecule has 0 fully saturated rings. The van der Waals surface area contributed by atoms with Crippen molar-refractivity contribution in [3.05, 3.63) is 52.5 Å². The van der Waals surface area contributed by atoms with Gasteiger partial charge in [0.25, 0.3) is 0 Å². The summed E-state index contributed by atoms with van der Waals surface area (Å²) in [6.45, 7) is 1.82. The number of aromatic nitrogens is 2. The molecule has 24 heavy (non-hydrogen) atoms. The van der Waals surface area contributed by atoms with Gasteiger partial charge < -0.3 is 20.3 Å². The molecule has 2 heterocycles. The van der Waals surface area contributed by atoms with Crippen LogP contribution in [0.4, 0.5) is 10.5 Å². The maximum Gasteiger partial charge on any atom is 0.319 e. The lowest BCUT2D eigenvalue weighted by Gasteiger charge is -2.13. The fourth-order valence-corrected chi connectivity index (χ4v) is 2.84. The van der Waals surface area contributed by atoms with Crippen molar-refractivity contribution in [3.63, 3.8) is 0 Å². The molecule has 0 radical (unpaired) electrons. The number of nitrogens with zero attached hydrogens (tertiary/aromatic N) is 2. The lowest BCUT2D eigenvalue weighted by Crippen LogP contribution is -2.32. The third-order valence-electron chi connectivity index (χ3n) is 3.33. The van der Waals surface area contributed by atoms with Crippen LogP contribution in [0.5, 0.6) is 0 Å². The summed E-state index contributed by atoms with van der Waals surface area (Å²) in [4.78, 5) is 16.2. The minimum absolute atomic E-state index is 0.117. The van der Waals surface area contributed by atoms with Gasteiger partial charge >= 0.3 is 6.03 Å². The number of aliphatic hydroxyl groups is 1. The van der Waals surface area contributed by atoms with Crippen molar-refractivity contribution in [1.29, 1.82) is 0 Å². The molecule has 2 amide bonds. The third-order valence-corrected chi connectivity index (χ3v) is 4.03. The third kappa shape index (κ3) is 3.79. The van der Waals surface area contributed by atoms with Gasteiger partial charge in [-0.1, -0.05) is 17.3 Å². The SMILES string of the molecule is Cc1nc(-c2ccccc2NC(=O)NC[C@H](O)c2ccsc2)no1. The number of nitrogens with one attached hydrogen (secondary N) is 2. The second-order valence-electron chi connectivity index (χ2n) is 5.09. The number of benzene rings is 1. The molecule has 1 atom stereocenters. The number of carbonyl (C=O) groups excluding carboxylic acids is 1. The fourth-order valence-electron chi connectivity index (χ4n) is 2.13. The van der Waals surface area contributed by atoms with Crippen LogP contribution < -0.4 is 10.6 Å². The first-order valence-corrected chi connectivity index (χ1v) is 8.22. The van der Waals surface area contributed by atoms with Crippen LogP contribution >= 0.6 is 11.3 Å². The minimum atomic E-state index is -0.739. The lowest BCUT2D eigenvalue weighted by atomic mass is 10.1. The van der Waals surface area contributed by atoms with Gasteiger partial charge in [0.15, 0.2) is 0 Å². The number of urea groups is 1. The van der Waals surface area contributed by atoms with E-state index >= 15 is 0 Å². The number of hydrogen-bond donors (Lipinski definition) is 3. The van der Waals surface area contributed by atoms with Gasteiger partial charge in [-0.25, -0.2) is 4.79 Å². The molecule has 0 spiro atoms. The fraction of sp³-hybridized carbons (Fsp3) is 0.188. The van der Waals surface area contributed by atoms with Crippen molar-refractivity contribution in [2.45, 2.75) is 13.0 Å². The molecule has 0 aliphatic heterocycles. The number of aryl methyl sites for hydroxylation is 1. The summed E-state index contributed by atoms with van der Waals surface area (Å²) in [5, 5.41) is 23.0. The van der Waals surface area contributed by atoms with E-state index in [4.69, 9.17) is 4.52 Å². The summed E-state index contributed by atoms with van der Waals surface area (Å²) >= 11 is 1.50. The van der Waals surface area contributed by atoms with Gasteiger partial charge in [-0.2, -0.15) is 16.3 Å². The van der Waals surface area contributed by atoms with Crippen LogP contribution in [0.15, 0.2) is 45.6 Å². The van der Waals surface area contributed by atoms with E-state index < -0.39 is 12.1 Å². The number of para-hydroxylation sites is 1. The van der Waals surface area contributed by atoms with Gasteiger partial charge in [0.05, 0.1) is 11.8 Å². The quantitative estimate of drug-likeness (QED) is 0.661. The summed E-state index contributed by atoms with van der Waals surface area (Å²) in [6, 6.07) is 8.56. The van der Waals surface area contributed by atoms with Crippen LogP contribution in [0.3, 0.4) is 0 Å². The Labute approximate surface area is 142 Å². The van der Waals surface area contributed by atoms with Crippen LogP contribution in [-0.4, -0.2) is 27.8 Å². The van der Waals surface area contributed by atoms with E-state index in [0.29, 0.717) is 23.0 Å². The Balaban J connectivity index is 1.64. The molecule has 8 heteroatoms. The van der Waals surface area contributed by atoms with E-state index in [-0.39, 0.29) is 6.54 Å². The molecule has 1 aromatic carbocycles. The standard InChI is InChI=1S/C16H16N4O3S/c1-10-18-15(20-23-10)12-4-2-3-5-13(12)19-16(22)17-8-14(21)11-6-7-24-9-11/h2-7,9,14,21H,8H2,1H3,(H2,17,19,22)/t14-/m0/s1. The molecule has 0 bridgehead atoms. The minimum Gasteiger partial charge on any atom is -0.387 e. The predicted octanol–water partition coefficient (Wildman–Crippen LogP) is 2.96. The summed E-state index contributed by atoms with van der Waals surface area (Å²) < 4.78 is 4.98. The Hall–Kier alpha value is -2.71. The van der Waals surface area contributed by atoms with Crippen molar-refractivity contribution >= 4 is 23.1 Å². The molecular formula is C16H16N4O3S. The van der Waals surface area contributed by atoms with Crippen LogP contribution in [0.1, 0.15) is 17.6 Å². The normalized spacial score (nSPS) is 11.9. The Kier molecular flexibility index (Phi) is 4.88. The lowest BCUT2D eigenvalue weighted by molar-refractivity contribution is 0.175. The van der Waals surface area contributed by atoms with E-state index in [0.717, 1.165) is 5.56 Å². The molecule has 3 aromatic rings. The molecule has 0 unspecified atom stereocenters. The van der Waals surface area contributed by atoms with Gasteiger partial charge in [-0.05, 0) is 34.5 Å². The van der Waals surface area contributed by atoms with Gasteiger partial charge in [0.2, 0.25) is 11.7 Å². The van der Waals surface area contributed by atoms with Crippen LogP contribution in [0.2, 0.25) is 0 Å². The van der Waals surface area contributed by atoms with Crippen molar-refractivity contribution in [1.82, 2.24) is 15.5 Å². The van der Waals surface area contributed by atoms with E-state index in [1.165, 1.54) is 11.3 Å². The molecule has 3 rings (SSSR count). The Morgan fingerprint density at radius 2 is 2.21 bits per heavy atom. The van der Waals surface area contributed by atoms with Crippen LogP contribution in [-0.2, 0) is 0 Å². The average molecular weight is 344 g/mol. The van der Waals surface area contributed by atoms with E-state index in [1.807, 2.05) is 22.9 Å².